The van der Waals surface area contributed by atoms with E-state index in [1.54, 1.807) is 6.20 Å². The van der Waals surface area contributed by atoms with Crippen LogP contribution in [0.2, 0.25) is 0 Å². The van der Waals surface area contributed by atoms with E-state index < -0.39 is 0 Å². The van der Waals surface area contributed by atoms with Gasteiger partial charge in [0.05, 0.1) is 13.1 Å². The molecule has 1 amide bonds. The summed E-state index contributed by atoms with van der Waals surface area (Å²) in [6.45, 7) is 3.39. The number of benzene rings is 1. The van der Waals surface area contributed by atoms with Crippen molar-refractivity contribution < 1.29 is 9.53 Å². The molecule has 2 aromatic rings. The third-order valence-corrected chi connectivity index (χ3v) is 3.94. The van der Waals surface area contributed by atoms with Crippen molar-refractivity contribution in [3.63, 3.8) is 0 Å². The number of likely N-dealkylation sites (tertiary alicyclic amines) is 1. The molecule has 3 rings (SSSR count). The van der Waals surface area contributed by atoms with E-state index in [9.17, 15) is 4.79 Å². The average molecular weight is 296 g/mol. The number of pyridine rings is 1. The topological polar surface area (TPSA) is 42.4 Å². The Morgan fingerprint density at radius 2 is 2.09 bits per heavy atom. The maximum atomic E-state index is 12.1. The number of ether oxygens (including phenoxy) is 1. The Balaban J connectivity index is 1.43. The van der Waals surface area contributed by atoms with E-state index in [-0.39, 0.29) is 12.0 Å². The molecule has 0 bridgehead atoms. The smallest absolute Gasteiger partial charge is 0.223 e. The molecular formula is C18H20N2O2. The fourth-order valence-corrected chi connectivity index (χ4v) is 2.54. The lowest BCUT2D eigenvalue weighted by Gasteiger charge is -2.39. The predicted molar refractivity (Wildman–Crippen MR) is 84.7 cm³/mol. The zero-order valence-electron chi connectivity index (χ0n) is 12.7. The number of rotatable bonds is 5. The molecule has 0 radical (unpaired) electrons. The molecular weight excluding hydrogens is 276 g/mol. The van der Waals surface area contributed by atoms with Crippen LogP contribution in [0.25, 0.3) is 0 Å². The lowest BCUT2D eigenvalue weighted by Crippen LogP contribution is -2.56. The Bertz CT molecular complexity index is 637. The fraction of sp³-hybridized carbons (Fsp3) is 0.333. The SMILES string of the molecule is Cc1ccccc1OC1CN(C(=O)CCc2cccnc2)C1. The van der Waals surface area contributed by atoms with Crippen molar-refractivity contribution in [3.8, 4) is 5.75 Å². The van der Waals surface area contributed by atoms with Gasteiger partial charge in [-0.1, -0.05) is 24.3 Å². The van der Waals surface area contributed by atoms with Crippen LogP contribution in [0.5, 0.6) is 5.75 Å². The summed E-state index contributed by atoms with van der Waals surface area (Å²) in [6.07, 6.45) is 4.94. The van der Waals surface area contributed by atoms with Crippen molar-refractivity contribution in [1.82, 2.24) is 9.88 Å². The molecule has 1 aromatic carbocycles. The second-order valence-corrected chi connectivity index (χ2v) is 5.67. The molecule has 1 saturated heterocycles. The maximum Gasteiger partial charge on any atom is 0.223 e. The van der Waals surface area contributed by atoms with Crippen molar-refractivity contribution >= 4 is 5.91 Å². The summed E-state index contributed by atoms with van der Waals surface area (Å²) in [5, 5.41) is 0. The zero-order valence-corrected chi connectivity index (χ0v) is 12.7. The molecule has 1 fully saturated rings. The van der Waals surface area contributed by atoms with Gasteiger partial charge in [-0.15, -0.1) is 0 Å². The quantitative estimate of drug-likeness (QED) is 0.852. The molecule has 4 nitrogen and oxygen atoms in total. The van der Waals surface area contributed by atoms with Gasteiger partial charge in [-0.3, -0.25) is 9.78 Å². The molecule has 1 aliphatic rings. The van der Waals surface area contributed by atoms with Gasteiger partial charge in [0, 0.05) is 18.8 Å². The molecule has 0 aliphatic carbocycles. The van der Waals surface area contributed by atoms with Gasteiger partial charge in [-0.05, 0) is 36.6 Å². The minimum Gasteiger partial charge on any atom is -0.486 e. The van der Waals surface area contributed by atoms with E-state index in [4.69, 9.17) is 4.74 Å². The summed E-state index contributed by atoms with van der Waals surface area (Å²) in [7, 11) is 0. The Kier molecular flexibility index (Phi) is 4.37. The van der Waals surface area contributed by atoms with Crippen molar-refractivity contribution in [1.29, 1.82) is 0 Å². The number of carbonyl (C=O) groups excluding carboxylic acids is 1. The summed E-state index contributed by atoms with van der Waals surface area (Å²) < 4.78 is 5.92. The van der Waals surface area contributed by atoms with Crippen molar-refractivity contribution in [2.45, 2.75) is 25.9 Å². The van der Waals surface area contributed by atoms with Crippen LogP contribution < -0.4 is 4.74 Å². The number of nitrogens with zero attached hydrogens (tertiary/aromatic N) is 2. The Hall–Kier alpha value is -2.36. The van der Waals surface area contributed by atoms with Crippen LogP contribution in [0.3, 0.4) is 0 Å². The third kappa shape index (κ3) is 3.45. The molecule has 2 heterocycles. The van der Waals surface area contributed by atoms with E-state index in [1.165, 1.54) is 0 Å². The number of hydrogen-bond acceptors (Lipinski definition) is 3. The molecule has 1 aromatic heterocycles. The molecule has 22 heavy (non-hydrogen) atoms. The number of aromatic nitrogens is 1. The maximum absolute atomic E-state index is 12.1. The van der Waals surface area contributed by atoms with E-state index in [2.05, 4.69) is 4.98 Å². The van der Waals surface area contributed by atoms with Gasteiger partial charge in [-0.25, -0.2) is 0 Å². The highest BCUT2D eigenvalue weighted by atomic mass is 16.5. The molecule has 0 saturated carbocycles. The van der Waals surface area contributed by atoms with Gasteiger partial charge < -0.3 is 9.64 Å². The van der Waals surface area contributed by atoms with Crippen LogP contribution in [-0.2, 0) is 11.2 Å². The Labute approximate surface area is 130 Å². The lowest BCUT2D eigenvalue weighted by atomic mass is 10.1. The minimum atomic E-state index is 0.114. The molecule has 0 unspecified atom stereocenters. The lowest BCUT2D eigenvalue weighted by molar-refractivity contribution is -0.139. The van der Waals surface area contributed by atoms with Crippen LogP contribution in [0.4, 0.5) is 0 Å². The molecule has 0 spiro atoms. The highest BCUT2D eigenvalue weighted by Crippen LogP contribution is 2.22. The van der Waals surface area contributed by atoms with Gasteiger partial charge in [-0.2, -0.15) is 0 Å². The first-order valence-corrected chi connectivity index (χ1v) is 7.61. The standard InChI is InChI=1S/C18H20N2O2/c1-14-5-2-3-7-17(14)22-16-12-20(13-16)18(21)9-8-15-6-4-10-19-11-15/h2-7,10-11,16H,8-9,12-13H2,1H3. The van der Waals surface area contributed by atoms with Crippen molar-refractivity contribution in [3.05, 3.63) is 59.9 Å². The molecule has 1 aliphatic heterocycles. The largest absolute Gasteiger partial charge is 0.486 e. The van der Waals surface area contributed by atoms with E-state index in [0.717, 1.165) is 23.3 Å². The summed E-state index contributed by atoms with van der Waals surface area (Å²) in [4.78, 5) is 18.0. The summed E-state index contributed by atoms with van der Waals surface area (Å²) >= 11 is 0. The first-order valence-electron chi connectivity index (χ1n) is 7.61. The molecule has 0 atom stereocenters. The van der Waals surface area contributed by atoms with Crippen LogP contribution in [-0.4, -0.2) is 35.0 Å². The molecule has 4 heteroatoms. The van der Waals surface area contributed by atoms with Crippen molar-refractivity contribution in [2.75, 3.05) is 13.1 Å². The Morgan fingerprint density at radius 1 is 1.27 bits per heavy atom. The highest BCUT2D eigenvalue weighted by molar-refractivity contribution is 5.77. The van der Waals surface area contributed by atoms with E-state index >= 15 is 0 Å². The fourth-order valence-electron chi connectivity index (χ4n) is 2.54. The monoisotopic (exact) mass is 296 g/mol. The van der Waals surface area contributed by atoms with Crippen LogP contribution in [0.1, 0.15) is 17.5 Å². The summed E-state index contributed by atoms with van der Waals surface area (Å²) in [6, 6.07) is 11.9. The van der Waals surface area contributed by atoms with Crippen LogP contribution in [0, 0.1) is 6.92 Å². The molecule has 0 N–H and O–H groups in total. The highest BCUT2D eigenvalue weighted by Gasteiger charge is 2.31. The molecule has 114 valence electrons. The number of carbonyl (C=O) groups is 1. The number of para-hydroxylation sites is 1. The van der Waals surface area contributed by atoms with Gasteiger partial charge in [0.15, 0.2) is 0 Å². The zero-order chi connectivity index (χ0) is 15.4. The van der Waals surface area contributed by atoms with Gasteiger partial charge in [0.1, 0.15) is 11.9 Å². The second-order valence-electron chi connectivity index (χ2n) is 5.67. The number of hydrogen-bond donors (Lipinski definition) is 0. The van der Waals surface area contributed by atoms with E-state index in [1.807, 2.05) is 54.4 Å². The third-order valence-electron chi connectivity index (χ3n) is 3.94. The first-order chi connectivity index (χ1) is 10.7. The summed E-state index contributed by atoms with van der Waals surface area (Å²) in [5.74, 6) is 1.10. The van der Waals surface area contributed by atoms with Crippen LogP contribution >= 0.6 is 0 Å². The average Bonchev–Trinajstić information content (AvgIpc) is 2.51. The minimum absolute atomic E-state index is 0.114. The van der Waals surface area contributed by atoms with Gasteiger partial charge in [0.2, 0.25) is 5.91 Å². The Morgan fingerprint density at radius 3 is 2.82 bits per heavy atom. The second kappa shape index (κ2) is 6.60. The predicted octanol–water partition coefficient (Wildman–Crippen LogP) is 2.61. The van der Waals surface area contributed by atoms with Gasteiger partial charge in [0.25, 0.3) is 0 Å². The van der Waals surface area contributed by atoms with Crippen molar-refractivity contribution in [2.24, 2.45) is 0 Å². The number of amides is 1. The van der Waals surface area contributed by atoms with E-state index in [0.29, 0.717) is 19.5 Å². The number of aryl methyl sites for hydroxylation is 2. The van der Waals surface area contributed by atoms with Gasteiger partial charge >= 0.3 is 0 Å². The summed E-state index contributed by atoms with van der Waals surface area (Å²) in [5.41, 5.74) is 2.23. The first kappa shape index (κ1) is 14.6. The normalized spacial score (nSPS) is 14.5. The van der Waals surface area contributed by atoms with Crippen LogP contribution in [0.15, 0.2) is 48.8 Å².